The van der Waals surface area contributed by atoms with Crippen LogP contribution in [0.15, 0.2) is 29.3 Å². The van der Waals surface area contributed by atoms with Crippen molar-refractivity contribution in [3.8, 4) is 0 Å². The van der Waals surface area contributed by atoms with Gasteiger partial charge in [-0.1, -0.05) is 12.1 Å². The van der Waals surface area contributed by atoms with Gasteiger partial charge in [0.1, 0.15) is 0 Å². The van der Waals surface area contributed by atoms with Crippen molar-refractivity contribution >= 4 is 11.6 Å². The van der Waals surface area contributed by atoms with Gasteiger partial charge in [0, 0.05) is 39.4 Å². The van der Waals surface area contributed by atoms with Crippen molar-refractivity contribution in [2.45, 2.75) is 26.4 Å². The zero-order valence-electron chi connectivity index (χ0n) is 12.0. The number of benzene rings is 1. The summed E-state index contributed by atoms with van der Waals surface area (Å²) in [4.78, 5) is 6.29. The Bertz CT molecular complexity index is 397. The van der Waals surface area contributed by atoms with E-state index in [2.05, 4.69) is 58.6 Å². The Morgan fingerprint density at radius 1 is 1.33 bits per heavy atom. The Morgan fingerprint density at radius 2 is 2.06 bits per heavy atom. The number of nitrogens with one attached hydrogen (secondary N) is 2. The van der Waals surface area contributed by atoms with Crippen LogP contribution >= 0.6 is 0 Å². The molecule has 1 aromatic carbocycles. The summed E-state index contributed by atoms with van der Waals surface area (Å²) in [6, 6.07) is 8.85. The third-order valence-corrected chi connectivity index (χ3v) is 2.54. The van der Waals surface area contributed by atoms with Gasteiger partial charge in [0.15, 0.2) is 5.96 Å². The van der Waals surface area contributed by atoms with Crippen molar-refractivity contribution in [1.29, 1.82) is 0 Å². The van der Waals surface area contributed by atoms with Crippen LogP contribution in [0.25, 0.3) is 0 Å². The van der Waals surface area contributed by atoms with E-state index in [1.807, 2.05) is 14.1 Å². The summed E-state index contributed by atoms with van der Waals surface area (Å²) in [5.41, 5.74) is 2.45. The van der Waals surface area contributed by atoms with E-state index in [1.165, 1.54) is 11.3 Å². The minimum atomic E-state index is 0.379. The van der Waals surface area contributed by atoms with E-state index in [0.717, 1.165) is 12.5 Å². The molecule has 0 atom stereocenters. The first-order chi connectivity index (χ1) is 8.52. The van der Waals surface area contributed by atoms with Gasteiger partial charge >= 0.3 is 0 Å². The molecule has 0 aliphatic rings. The zero-order chi connectivity index (χ0) is 13.5. The van der Waals surface area contributed by atoms with Crippen LogP contribution in [0, 0.1) is 0 Å². The van der Waals surface area contributed by atoms with Crippen molar-refractivity contribution in [3.05, 3.63) is 29.8 Å². The molecule has 0 aliphatic carbocycles. The molecule has 2 N–H and O–H groups in total. The topological polar surface area (TPSA) is 39.7 Å². The lowest BCUT2D eigenvalue weighted by Gasteiger charge is -2.16. The van der Waals surface area contributed by atoms with Crippen LogP contribution in [0.3, 0.4) is 0 Å². The number of anilines is 1. The summed E-state index contributed by atoms with van der Waals surface area (Å²) in [6.07, 6.45) is 0. The second-order valence-corrected chi connectivity index (χ2v) is 4.79. The molecule has 100 valence electrons. The van der Waals surface area contributed by atoms with Gasteiger partial charge in [-0.05, 0) is 31.5 Å². The summed E-state index contributed by atoms with van der Waals surface area (Å²) in [5, 5.41) is 6.57. The molecular weight excluding hydrogens is 224 g/mol. The van der Waals surface area contributed by atoms with E-state index < -0.39 is 0 Å². The van der Waals surface area contributed by atoms with E-state index in [0.29, 0.717) is 6.04 Å². The van der Waals surface area contributed by atoms with Crippen LogP contribution in [0.2, 0.25) is 0 Å². The van der Waals surface area contributed by atoms with Crippen LogP contribution in [-0.4, -0.2) is 33.1 Å². The number of hydrogen-bond acceptors (Lipinski definition) is 2. The van der Waals surface area contributed by atoms with E-state index in [1.54, 1.807) is 7.05 Å². The highest BCUT2D eigenvalue weighted by molar-refractivity contribution is 5.79. The van der Waals surface area contributed by atoms with Gasteiger partial charge in [-0.15, -0.1) is 0 Å². The predicted molar refractivity (Wildman–Crippen MR) is 79.2 cm³/mol. The monoisotopic (exact) mass is 248 g/mol. The smallest absolute Gasteiger partial charge is 0.191 e. The minimum absolute atomic E-state index is 0.379. The molecule has 4 nitrogen and oxygen atoms in total. The summed E-state index contributed by atoms with van der Waals surface area (Å²) in [6.45, 7) is 4.97. The number of hydrogen-bond donors (Lipinski definition) is 2. The van der Waals surface area contributed by atoms with Crippen molar-refractivity contribution in [2.75, 3.05) is 26.0 Å². The zero-order valence-corrected chi connectivity index (χ0v) is 12.0. The molecule has 0 aliphatic heterocycles. The Labute approximate surface area is 110 Å². The van der Waals surface area contributed by atoms with Crippen molar-refractivity contribution in [2.24, 2.45) is 4.99 Å². The Balaban J connectivity index is 2.60. The Morgan fingerprint density at radius 3 is 2.61 bits per heavy atom. The first kappa shape index (κ1) is 14.4. The summed E-state index contributed by atoms with van der Waals surface area (Å²) < 4.78 is 0. The van der Waals surface area contributed by atoms with E-state index in [9.17, 15) is 0 Å². The van der Waals surface area contributed by atoms with E-state index in [4.69, 9.17) is 0 Å². The Kier molecular flexibility index (Phi) is 5.49. The molecular formula is C14H24N4. The van der Waals surface area contributed by atoms with Gasteiger partial charge in [0.25, 0.3) is 0 Å². The molecule has 0 spiro atoms. The summed E-state index contributed by atoms with van der Waals surface area (Å²) >= 11 is 0. The normalized spacial score (nSPS) is 11.6. The SMILES string of the molecule is CN=C(NCc1cccc(N(C)C)c1)NC(C)C. The van der Waals surface area contributed by atoms with Crippen LogP contribution in [0.5, 0.6) is 0 Å². The van der Waals surface area contributed by atoms with Crippen LogP contribution in [0.1, 0.15) is 19.4 Å². The van der Waals surface area contributed by atoms with Crippen LogP contribution in [-0.2, 0) is 6.54 Å². The lowest BCUT2D eigenvalue weighted by molar-refractivity contribution is 0.699. The molecule has 0 aromatic heterocycles. The number of aliphatic imine (C=N–C) groups is 1. The van der Waals surface area contributed by atoms with Crippen molar-refractivity contribution in [3.63, 3.8) is 0 Å². The molecule has 0 heterocycles. The van der Waals surface area contributed by atoms with Crippen molar-refractivity contribution < 1.29 is 0 Å². The highest BCUT2D eigenvalue weighted by Gasteiger charge is 2.01. The molecule has 0 bridgehead atoms. The predicted octanol–water partition coefficient (Wildman–Crippen LogP) is 1.83. The molecule has 1 aromatic rings. The van der Waals surface area contributed by atoms with Gasteiger partial charge < -0.3 is 15.5 Å². The first-order valence-electron chi connectivity index (χ1n) is 6.26. The minimum Gasteiger partial charge on any atom is -0.378 e. The van der Waals surface area contributed by atoms with Gasteiger partial charge in [0.05, 0.1) is 0 Å². The molecule has 0 unspecified atom stereocenters. The highest BCUT2D eigenvalue weighted by atomic mass is 15.2. The lowest BCUT2D eigenvalue weighted by Crippen LogP contribution is -2.40. The second-order valence-electron chi connectivity index (χ2n) is 4.79. The second kappa shape index (κ2) is 6.89. The van der Waals surface area contributed by atoms with E-state index in [-0.39, 0.29) is 0 Å². The Hall–Kier alpha value is -1.71. The quantitative estimate of drug-likeness (QED) is 0.631. The average Bonchev–Trinajstić information content (AvgIpc) is 2.34. The largest absolute Gasteiger partial charge is 0.378 e. The summed E-state index contributed by atoms with van der Waals surface area (Å²) in [7, 11) is 5.88. The number of nitrogens with zero attached hydrogens (tertiary/aromatic N) is 2. The molecule has 0 radical (unpaired) electrons. The molecule has 0 amide bonds. The van der Waals surface area contributed by atoms with Gasteiger partial charge in [-0.2, -0.15) is 0 Å². The highest BCUT2D eigenvalue weighted by Crippen LogP contribution is 2.12. The van der Waals surface area contributed by atoms with Crippen molar-refractivity contribution in [1.82, 2.24) is 10.6 Å². The third kappa shape index (κ3) is 4.65. The van der Waals surface area contributed by atoms with Crippen LogP contribution < -0.4 is 15.5 Å². The van der Waals surface area contributed by atoms with Gasteiger partial charge in [-0.3, -0.25) is 4.99 Å². The lowest BCUT2D eigenvalue weighted by atomic mass is 10.2. The first-order valence-corrected chi connectivity index (χ1v) is 6.26. The molecule has 18 heavy (non-hydrogen) atoms. The maximum atomic E-state index is 4.18. The summed E-state index contributed by atoms with van der Waals surface area (Å²) in [5.74, 6) is 0.834. The standard InChI is InChI=1S/C14H24N4/c1-11(2)17-14(15-3)16-10-12-7-6-8-13(9-12)18(4)5/h6-9,11H,10H2,1-5H3,(H2,15,16,17). The number of rotatable bonds is 4. The third-order valence-electron chi connectivity index (χ3n) is 2.54. The maximum Gasteiger partial charge on any atom is 0.191 e. The number of guanidine groups is 1. The molecule has 4 heteroatoms. The average molecular weight is 248 g/mol. The fourth-order valence-corrected chi connectivity index (χ4v) is 1.60. The molecule has 0 fully saturated rings. The van der Waals surface area contributed by atoms with Crippen LogP contribution in [0.4, 0.5) is 5.69 Å². The molecule has 0 saturated carbocycles. The molecule has 0 saturated heterocycles. The van der Waals surface area contributed by atoms with Gasteiger partial charge in [-0.25, -0.2) is 0 Å². The maximum absolute atomic E-state index is 4.18. The fourth-order valence-electron chi connectivity index (χ4n) is 1.60. The molecule has 1 rings (SSSR count). The fraction of sp³-hybridized carbons (Fsp3) is 0.500. The van der Waals surface area contributed by atoms with E-state index >= 15 is 0 Å². The van der Waals surface area contributed by atoms with Gasteiger partial charge in [0.2, 0.25) is 0 Å².